The van der Waals surface area contributed by atoms with Gasteiger partial charge in [0.05, 0.1) is 6.42 Å². The van der Waals surface area contributed by atoms with Gasteiger partial charge in [-0.05, 0) is 44.1 Å². The van der Waals surface area contributed by atoms with E-state index in [0.29, 0.717) is 17.0 Å². The molecule has 2 aromatic rings. The van der Waals surface area contributed by atoms with Crippen molar-refractivity contribution in [3.63, 3.8) is 0 Å². The molecule has 1 fully saturated rings. The zero-order valence-electron chi connectivity index (χ0n) is 13.1. The summed E-state index contributed by atoms with van der Waals surface area (Å²) in [4.78, 5) is 17.6. The van der Waals surface area contributed by atoms with E-state index in [9.17, 15) is 13.6 Å². The highest BCUT2D eigenvalue weighted by molar-refractivity contribution is 7.73. The summed E-state index contributed by atoms with van der Waals surface area (Å²) in [7, 11) is 0. The van der Waals surface area contributed by atoms with E-state index in [1.165, 1.54) is 23.5 Å². The summed E-state index contributed by atoms with van der Waals surface area (Å²) in [5, 5.41) is 2.55. The van der Waals surface area contributed by atoms with Crippen molar-refractivity contribution in [1.29, 1.82) is 0 Å². The molecule has 24 heavy (non-hydrogen) atoms. The third-order valence-electron chi connectivity index (χ3n) is 3.97. The lowest BCUT2D eigenvalue weighted by molar-refractivity contribution is -0.115. The van der Waals surface area contributed by atoms with Gasteiger partial charge in [-0.15, -0.1) is 11.3 Å². The van der Waals surface area contributed by atoms with Gasteiger partial charge in [0, 0.05) is 29.3 Å². The molecule has 128 valence electrons. The Morgan fingerprint density at radius 3 is 2.50 bits per heavy atom. The van der Waals surface area contributed by atoms with E-state index in [1.807, 2.05) is 6.92 Å². The number of nitrogens with one attached hydrogen (secondary N) is 2. The predicted octanol–water partition coefficient (Wildman–Crippen LogP) is 4.17. The van der Waals surface area contributed by atoms with Crippen molar-refractivity contribution in [2.45, 2.75) is 26.2 Å². The number of aromatic amines is 1. The van der Waals surface area contributed by atoms with Crippen LogP contribution in [-0.4, -0.2) is 24.0 Å². The Bertz CT molecular complexity index is 802. The van der Waals surface area contributed by atoms with Gasteiger partial charge in [0.15, 0.2) is 15.6 Å². The van der Waals surface area contributed by atoms with Crippen molar-refractivity contribution < 1.29 is 13.6 Å². The molecule has 0 aliphatic carbocycles. The Morgan fingerprint density at radius 1 is 1.33 bits per heavy atom. The fourth-order valence-electron chi connectivity index (χ4n) is 2.84. The highest BCUT2D eigenvalue weighted by Gasteiger charge is 2.21. The average Bonchev–Trinajstić information content (AvgIpc) is 3.09. The van der Waals surface area contributed by atoms with Gasteiger partial charge in [-0.2, -0.15) is 0 Å². The van der Waals surface area contributed by atoms with E-state index in [4.69, 9.17) is 12.2 Å². The number of aryl methyl sites for hydroxylation is 1. The number of nitrogens with zero attached hydrogens (tertiary/aromatic N) is 1. The number of carbonyl (C=O) groups excluding carboxylic acids is 1. The minimum absolute atomic E-state index is 0.00931. The Morgan fingerprint density at radius 2 is 1.96 bits per heavy atom. The molecule has 0 spiro atoms. The number of carbonyl (C=O) groups is 1. The standard InChI is InChI=1S/C16H17F2N3OS2/c1-9-13(24-16(23)19-9)8-14(22)20-10-6-11(17)15(12(18)7-10)21-4-2-3-5-21/h6-7H,2-5,8H2,1H3,(H,19,23)(H,20,22). The second kappa shape index (κ2) is 6.98. The van der Waals surface area contributed by atoms with Crippen LogP contribution in [0.3, 0.4) is 0 Å². The van der Waals surface area contributed by atoms with Crippen LogP contribution in [0.2, 0.25) is 0 Å². The van der Waals surface area contributed by atoms with Gasteiger partial charge in [-0.25, -0.2) is 8.78 Å². The summed E-state index contributed by atoms with van der Waals surface area (Å²) in [5.74, 6) is -1.64. The zero-order valence-corrected chi connectivity index (χ0v) is 14.8. The number of rotatable bonds is 4. The maximum atomic E-state index is 14.3. The van der Waals surface area contributed by atoms with Gasteiger partial charge >= 0.3 is 0 Å². The van der Waals surface area contributed by atoms with Gasteiger partial charge in [0.25, 0.3) is 0 Å². The Labute approximate surface area is 147 Å². The van der Waals surface area contributed by atoms with Crippen LogP contribution < -0.4 is 10.2 Å². The minimum atomic E-state index is -0.652. The summed E-state index contributed by atoms with van der Waals surface area (Å²) in [6.45, 7) is 3.13. The van der Waals surface area contributed by atoms with Gasteiger partial charge in [-0.1, -0.05) is 0 Å². The fourth-order valence-corrected chi connectivity index (χ4v) is 4.13. The highest BCUT2D eigenvalue weighted by atomic mass is 32.1. The first-order valence-corrected chi connectivity index (χ1v) is 8.89. The number of hydrogen-bond donors (Lipinski definition) is 2. The molecule has 1 aliphatic heterocycles. The molecule has 1 aromatic heterocycles. The average molecular weight is 369 g/mol. The van der Waals surface area contributed by atoms with Crippen LogP contribution in [0.1, 0.15) is 23.4 Å². The first-order valence-electron chi connectivity index (χ1n) is 7.66. The molecule has 1 amide bonds. The van der Waals surface area contributed by atoms with Crippen molar-refractivity contribution in [2.75, 3.05) is 23.3 Å². The van der Waals surface area contributed by atoms with Crippen LogP contribution in [0.25, 0.3) is 0 Å². The molecule has 1 aliphatic rings. The molecule has 0 saturated carbocycles. The van der Waals surface area contributed by atoms with E-state index < -0.39 is 11.6 Å². The second-order valence-corrected chi connectivity index (χ2v) is 7.54. The minimum Gasteiger partial charge on any atom is -0.367 e. The molecule has 0 radical (unpaired) electrons. The van der Waals surface area contributed by atoms with Crippen molar-refractivity contribution in [3.05, 3.63) is 38.3 Å². The van der Waals surface area contributed by atoms with E-state index in [-0.39, 0.29) is 23.7 Å². The van der Waals surface area contributed by atoms with Crippen LogP contribution in [0.5, 0.6) is 0 Å². The van der Waals surface area contributed by atoms with Crippen LogP contribution in [0.15, 0.2) is 12.1 Å². The van der Waals surface area contributed by atoms with Gasteiger partial charge in [-0.3, -0.25) is 4.79 Å². The molecular formula is C16H17F2N3OS2. The number of halogens is 2. The molecule has 0 unspecified atom stereocenters. The van der Waals surface area contributed by atoms with Crippen LogP contribution in [0.4, 0.5) is 20.2 Å². The second-order valence-electron chi connectivity index (χ2n) is 5.77. The molecule has 2 heterocycles. The third kappa shape index (κ3) is 3.64. The van der Waals surface area contributed by atoms with E-state index in [2.05, 4.69) is 10.3 Å². The van der Waals surface area contributed by atoms with Crippen LogP contribution >= 0.6 is 23.6 Å². The summed E-state index contributed by atoms with van der Waals surface area (Å²) in [6, 6.07) is 2.33. The number of anilines is 2. The van der Waals surface area contributed by atoms with E-state index in [1.54, 1.807) is 4.90 Å². The van der Waals surface area contributed by atoms with Gasteiger partial charge in [0.2, 0.25) is 5.91 Å². The van der Waals surface area contributed by atoms with E-state index in [0.717, 1.165) is 23.4 Å². The summed E-state index contributed by atoms with van der Waals surface area (Å²) >= 11 is 6.35. The number of hydrogen-bond acceptors (Lipinski definition) is 4. The SMILES string of the molecule is Cc1[nH]c(=S)sc1CC(=O)Nc1cc(F)c(N2CCCC2)c(F)c1. The zero-order chi connectivity index (χ0) is 17.3. The van der Waals surface area contributed by atoms with Crippen molar-refractivity contribution >= 4 is 40.8 Å². The lowest BCUT2D eigenvalue weighted by Crippen LogP contribution is -2.21. The molecule has 0 bridgehead atoms. The topological polar surface area (TPSA) is 48.1 Å². The Kier molecular flexibility index (Phi) is 4.96. The fraction of sp³-hybridized carbons (Fsp3) is 0.375. The first kappa shape index (κ1) is 17.0. The molecule has 0 atom stereocenters. The van der Waals surface area contributed by atoms with Crippen LogP contribution in [-0.2, 0) is 11.2 Å². The molecular weight excluding hydrogens is 352 g/mol. The lowest BCUT2D eigenvalue weighted by atomic mass is 10.2. The first-order chi connectivity index (χ1) is 11.4. The lowest BCUT2D eigenvalue weighted by Gasteiger charge is -2.19. The molecule has 8 heteroatoms. The molecule has 1 saturated heterocycles. The highest BCUT2D eigenvalue weighted by Crippen LogP contribution is 2.29. The Balaban J connectivity index is 1.74. The molecule has 2 N–H and O–H groups in total. The number of thiazole rings is 1. The third-order valence-corrected chi connectivity index (χ3v) is 5.30. The number of benzene rings is 1. The normalized spacial score (nSPS) is 14.2. The van der Waals surface area contributed by atoms with E-state index >= 15 is 0 Å². The van der Waals surface area contributed by atoms with Crippen LogP contribution in [0, 0.1) is 22.5 Å². The van der Waals surface area contributed by atoms with Crippen molar-refractivity contribution in [1.82, 2.24) is 4.98 Å². The van der Waals surface area contributed by atoms with Crippen molar-refractivity contribution in [2.24, 2.45) is 0 Å². The molecule has 4 nitrogen and oxygen atoms in total. The smallest absolute Gasteiger partial charge is 0.229 e. The summed E-state index contributed by atoms with van der Waals surface area (Å²) < 4.78 is 29.1. The quantitative estimate of drug-likeness (QED) is 0.795. The predicted molar refractivity (Wildman–Crippen MR) is 94.4 cm³/mol. The Hall–Kier alpha value is -1.80. The van der Waals surface area contributed by atoms with Gasteiger partial charge < -0.3 is 15.2 Å². The number of H-pyrrole nitrogens is 1. The maximum absolute atomic E-state index is 14.3. The largest absolute Gasteiger partial charge is 0.367 e. The summed E-state index contributed by atoms with van der Waals surface area (Å²) in [5.41, 5.74) is 0.946. The molecule has 1 aromatic carbocycles. The van der Waals surface area contributed by atoms with Gasteiger partial charge in [0.1, 0.15) is 5.69 Å². The van der Waals surface area contributed by atoms with Crippen molar-refractivity contribution in [3.8, 4) is 0 Å². The monoisotopic (exact) mass is 369 g/mol. The molecule has 3 rings (SSSR count). The number of amides is 1. The summed E-state index contributed by atoms with van der Waals surface area (Å²) in [6.07, 6.45) is 1.97. The maximum Gasteiger partial charge on any atom is 0.229 e. The number of aromatic nitrogens is 1.